The van der Waals surface area contributed by atoms with Gasteiger partial charge in [-0.15, -0.1) is 0 Å². The molecule has 0 saturated carbocycles. The Morgan fingerprint density at radius 2 is 2.00 bits per heavy atom. The summed E-state index contributed by atoms with van der Waals surface area (Å²) in [6, 6.07) is 9.23. The fourth-order valence-electron chi connectivity index (χ4n) is 1.55. The molecule has 1 aromatic carbocycles. The van der Waals surface area contributed by atoms with Gasteiger partial charge in [-0.25, -0.2) is 0 Å². The van der Waals surface area contributed by atoms with Gasteiger partial charge >= 0.3 is 0 Å². The van der Waals surface area contributed by atoms with Crippen LogP contribution in [-0.2, 0) is 0 Å². The summed E-state index contributed by atoms with van der Waals surface area (Å²) in [5.74, 6) is 1.14. The Hall–Kier alpha value is -1.29. The number of hydrogen-bond donors (Lipinski definition) is 1. The molecule has 1 heterocycles. The van der Waals surface area contributed by atoms with Crippen molar-refractivity contribution < 1.29 is 4.74 Å². The molecule has 1 N–H and O–H groups in total. The maximum Gasteiger partial charge on any atom is 0.147 e. The molecule has 100 valence electrons. The second-order valence-corrected chi connectivity index (χ2v) is 4.87. The Bertz CT molecular complexity index is 558. The van der Waals surface area contributed by atoms with Crippen molar-refractivity contribution >= 4 is 23.2 Å². The summed E-state index contributed by atoms with van der Waals surface area (Å²) in [6.45, 7) is 2.04. The van der Waals surface area contributed by atoms with Crippen molar-refractivity contribution in [1.82, 2.24) is 10.3 Å². The van der Waals surface area contributed by atoms with Gasteiger partial charge in [-0.3, -0.25) is 4.98 Å². The van der Waals surface area contributed by atoms with Crippen molar-refractivity contribution in [2.75, 3.05) is 7.05 Å². The predicted octanol–water partition coefficient (Wildman–Crippen LogP) is 4.46. The van der Waals surface area contributed by atoms with E-state index in [2.05, 4.69) is 10.3 Å². The number of rotatable bonds is 4. The zero-order valence-electron chi connectivity index (χ0n) is 10.7. The molecule has 1 aromatic heterocycles. The van der Waals surface area contributed by atoms with Crippen molar-refractivity contribution in [2.24, 2.45) is 0 Å². The molecule has 0 amide bonds. The maximum absolute atomic E-state index is 6.06. The molecular formula is C14H14Cl2N2O. The fourth-order valence-corrected chi connectivity index (χ4v) is 1.88. The monoisotopic (exact) mass is 296 g/mol. The number of nitrogens with one attached hydrogen (secondary N) is 1. The van der Waals surface area contributed by atoms with E-state index < -0.39 is 0 Å². The number of benzene rings is 1. The van der Waals surface area contributed by atoms with Crippen LogP contribution in [-0.4, -0.2) is 12.0 Å². The van der Waals surface area contributed by atoms with Crippen LogP contribution in [0.15, 0.2) is 36.5 Å². The first kappa shape index (κ1) is 14.1. The zero-order chi connectivity index (χ0) is 13.8. The van der Waals surface area contributed by atoms with E-state index in [1.165, 1.54) is 0 Å². The van der Waals surface area contributed by atoms with E-state index in [0.717, 1.165) is 5.69 Å². The molecule has 0 fully saturated rings. The Kier molecular flexibility index (Phi) is 4.64. The summed E-state index contributed by atoms with van der Waals surface area (Å²) < 4.78 is 5.66. The second kappa shape index (κ2) is 6.24. The summed E-state index contributed by atoms with van der Waals surface area (Å²) in [5, 5.41) is 3.99. The lowest BCUT2D eigenvalue weighted by molar-refractivity contribution is 0.479. The van der Waals surface area contributed by atoms with E-state index in [4.69, 9.17) is 27.9 Å². The third kappa shape index (κ3) is 3.38. The Morgan fingerprint density at radius 3 is 2.63 bits per heavy atom. The molecular weight excluding hydrogens is 283 g/mol. The van der Waals surface area contributed by atoms with E-state index in [9.17, 15) is 0 Å². The molecule has 1 atom stereocenters. The molecule has 0 bridgehead atoms. The van der Waals surface area contributed by atoms with Crippen molar-refractivity contribution in [3.8, 4) is 11.5 Å². The summed E-state index contributed by atoms with van der Waals surface area (Å²) in [7, 11) is 1.89. The predicted molar refractivity (Wildman–Crippen MR) is 78.2 cm³/mol. The highest BCUT2D eigenvalue weighted by Gasteiger charge is 2.08. The number of hydrogen-bond acceptors (Lipinski definition) is 3. The fraction of sp³-hybridized carbons (Fsp3) is 0.214. The number of halogens is 2. The highest BCUT2D eigenvalue weighted by Crippen LogP contribution is 2.34. The third-order valence-electron chi connectivity index (χ3n) is 2.78. The highest BCUT2D eigenvalue weighted by molar-refractivity contribution is 6.42. The third-order valence-corrected chi connectivity index (χ3v) is 3.58. The molecule has 0 saturated heterocycles. The van der Waals surface area contributed by atoms with Crippen LogP contribution in [0.25, 0.3) is 0 Å². The molecule has 0 aliphatic rings. The summed E-state index contributed by atoms with van der Waals surface area (Å²) >= 11 is 12.0. The van der Waals surface area contributed by atoms with Crippen molar-refractivity contribution in [2.45, 2.75) is 13.0 Å². The first-order valence-corrected chi connectivity index (χ1v) is 6.62. The smallest absolute Gasteiger partial charge is 0.147 e. The first-order chi connectivity index (χ1) is 9.11. The van der Waals surface area contributed by atoms with E-state index in [1.807, 2.05) is 26.1 Å². The molecule has 1 unspecified atom stereocenters. The number of aromatic nitrogens is 1. The average Bonchev–Trinajstić information content (AvgIpc) is 2.44. The van der Waals surface area contributed by atoms with Crippen molar-refractivity contribution in [3.63, 3.8) is 0 Å². The quantitative estimate of drug-likeness (QED) is 0.904. The molecule has 0 spiro atoms. The first-order valence-electron chi connectivity index (χ1n) is 5.87. The summed E-state index contributed by atoms with van der Waals surface area (Å²) in [4.78, 5) is 4.33. The van der Waals surface area contributed by atoms with Crippen LogP contribution in [0.1, 0.15) is 18.7 Å². The van der Waals surface area contributed by atoms with Gasteiger partial charge < -0.3 is 10.1 Å². The number of ether oxygens (including phenoxy) is 1. The van der Waals surface area contributed by atoms with Crippen LogP contribution in [0.3, 0.4) is 0 Å². The Labute approximate surface area is 122 Å². The minimum Gasteiger partial charge on any atom is -0.454 e. The van der Waals surface area contributed by atoms with Gasteiger partial charge in [0.1, 0.15) is 16.5 Å². The van der Waals surface area contributed by atoms with E-state index in [0.29, 0.717) is 21.5 Å². The Balaban J connectivity index is 2.18. The number of nitrogens with zero attached hydrogens (tertiary/aromatic N) is 1. The topological polar surface area (TPSA) is 34.1 Å². The lowest BCUT2D eigenvalue weighted by Crippen LogP contribution is -2.13. The molecule has 0 aliphatic heterocycles. The van der Waals surface area contributed by atoms with Gasteiger partial charge in [0, 0.05) is 6.04 Å². The van der Waals surface area contributed by atoms with Gasteiger partial charge in [-0.05, 0) is 38.2 Å². The largest absolute Gasteiger partial charge is 0.454 e. The molecule has 5 heteroatoms. The SMILES string of the molecule is CNC(C)c1ccc(Oc2cccc(Cl)c2Cl)cn1. The van der Waals surface area contributed by atoms with Gasteiger partial charge in [0.25, 0.3) is 0 Å². The standard InChI is InChI=1S/C14H14Cl2N2O/c1-9(17-2)12-7-6-10(8-18-12)19-13-5-3-4-11(15)14(13)16/h3-9,17H,1-2H3. The lowest BCUT2D eigenvalue weighted by Gasteiger charge is -2.11. The average molecular weight is 297 g/mol. The molecule has 19 heavy (non-hydrogen) atoms. The van der Waals surface area contributed by atoms with Crippen LogP contribution in [0, 0.1) is 0 Å². The summed E-state index contributed by atoms with van der Waals surface area (Å²) in [5.41, 5.74) is 0.951. The normalized spacial score (nSPS) is 12.2. The van der Waals surface area contributed by atoms with Crippen LogP contribution in [0.2, 0.25) is 10.0 Å². The molecule has 0 aliphatic carbocycles. The van der Waals surface area contributed by atoms with Gasteiger partial charge in [0.15, 0.2) is 0 Å². The van der Waals surface area contributed by atoms with E-state index >= 15 is 0 Å². The van der Waals surface area contributed by atoms with Crippen LogP contribution >= 0.6 is 23.2 Å². The molecule has 3 nitrogen and oxygen atoms in total. The van der Waals surface area contributed by atoms with Crippen LogP contribution < -0.4 is 10.1 Å². The minimum atomic E-state index is 0.198. The lowest BCUT2D eigenvalue weighted by atomic mass is 10.2. The van der Waals surface area contributed by atoms with Crippen LogP contribution in [0.4, 0.5) is 0 Å². The Morgan fingerprint density at radius 1 is 1.21 bits per heavy atom. The van der Waals surface area contributed by atoms with Gasteiger partial charge in [0.05, 0.1) is 16.9 Å². The molecule has 2 aromatic rings. The van der Waals surface area contributed by atoms with Gasteiger partial charge in [-0.2, -0.15) is 0 Å². The molecule has 2 rings (SSSR count). The summed E-state index contributed by atoms with van der Waals surface area (Å²) in [6.07, 6.45) is 1.67. The maximum atomic E-state index is 6.06. The molecule has 0 radical (unpaired) electrons. The van der Waals surface area contributed by atoms with E-state index in [1.54, 1.807) is 24.4 Å². The van der Waals surface area contributed by atoms with Crippen LogP contribution in [0.5, 0.6) is 11.5 Å². The second-order valence-electron chi connectivity index (χ2n) is 4.08. The van der Waals surface area contributed by atoms with Crippen molar-refractivity contribution in [1.29, 1.82) is 0 Å². The van der Waals surface area contributed by atoms with Gasteiger partial charge in [0.2, 0.25) is 0 Å². The minimum absolute atomic E-state index is 0.198. The zero-order valence-corrected chi connectivity index (χ0v) is 12.2. The number of pyridine rings is 1. The van der Waals surface area contributed by atoms with Gasteiger partial charge in [-0.1, -0.05) is 29.3 Å². The van der Waals surface area contributed by atoms with E-state index in [-0.39, 0.29) is 6.04 Å². The van der Waals surface area contributed by atoms with Crippen molar-refractivity contribution in [3.05, 3.63) is 52.3 Å². The highest BCUT2D eigenvalue weighted by atomic mass is 35.5.